The van der Waals surface area contributed by atoms with Crippen LogP contribution in [0.15, 0.2) is 36.5 Å². The Labute approximate surface area is 163 Å². The van der Waals surface area contributed by atoms with Gasteiger partial charge in [0.2, 0.25) is 5.91 Å². The predicted molar refractivity (Wildman–Crippen MR) is 99.6 cm³/mol. The average Bonchev–Trinajstić information content (AvgIpc) is 3.43. The van der Waals surface area contributed by atoms with Crippen molar-refractivity contribution in [3.8, 4) is 5.69 Å². The van der Waals surface area contributed by atoms with E-state index in [1.54, 1.807) is 15.8 Å². The Bertz CT molecular complexity index is 927. The lowest BCUT2D eigenvalue weighted by atomic mass is 10.0. The summed E-state index contributed by atoms with van der Waals surface area (Å²) in [5.74, 6) is 0.194. The van der Waals surface area contributed by atoms with Gasteiger partial charge in [0.05, 0.1) is 37.0 Å². The van der Waals surface area contributed by atoms with Crippen molar-refractivity contribution in [3.05, 3.63) is 42.2 Å². The Morgan fingerprint density at radius 3 is 2.82 bits per heavy atom. The fourth-order valence-corrected chi connectivity index (χ4v) is 4.83. The Morgan fingerprint density at radius 2 is 2.07 bits per heavy atom. The molecule has 8 nitrogen and oxygen atoms in total. The van der Waals surface area contributed by atoms with E-state index in [1.807, 2.05) is 35.2 Å². The number of carbonyl (C=O) groups is 2. The van der Waals surface area contributed by atoms with Crippen molar-refractivity contribution in [2.45, 2.75) is 44.5 Å². The number of amides is 2. The summed E-state index contributed by atoms with van der Waals surface area (Å²) in [6, 6.07) is 9.35. The van der Waals surface area contributed by atoms with E-state index < -0.39 is 5.72 Å². The second kappa shape index (κ2) is 6.13. The number of hydrogen-bond donors (Lipinski definition) is 0. The number of aromatic nitrogens is 3. The first-order chi connectivity index (χ1) is 13.5. The highest BCUT2D eigenvalue weighted by Gasteiger charge is 2.65. The van der Waals surface area contributed by atoms with E-state index in [1.165, 1.54) is 0 Å². The first-order valence-electron chi connectivity index (χ1n) is 9.76. The zero-order chi connectivity index (χ0) is 19.5. The van der Waals surface area contributed by atoms with Gasteiger partial charge in [-0.25, -0.2) is 4.68 Å². The average molecular weight is 381 g/mol. The molecule has 3 saturated heterocycles. The van der Waals surface area contributed by atoms with Crippen molar-refractivity contribution in [1.29, 1.82) is 0 Å². The molecule has 2 aromatic rings. The number of benzene rings is 1. The molecule has 2 amide bonds. The van der Waals surface area contributed by atoms with E-state index in [-0.39, 0.29) is 29.6 Å². The Hall–Kier alpha value is -2.74. The molecule has 4 heterocycles. The largest absolute Gasteiger partial charge is 0.351 e. The summed E-state index contributed by atoms with van der Waals surface area (Å²) in [5.41, 5.74) is 0.454. The van der Waals surface area contributed by atoms with Crippen LogP contribution in [0.2, 0.25) is 0 Å². The van der Waals surface area contributed by atoms with Crippen LogP contribution in [0.25, 0.3) is 5.69 Å². The molecule has 28 heavy (non-hydrogen) atoms. The third-order valence-corrected chi connectivity index (χ3v) is 6.25. The second-order valence-electron chi connectivity index (χ2n) is 8.08. The van der Waals surface area contributed by atoms with Gasteiger partial charge in [-0.1, -0.05) is 37.3 Å². The van der Waals surface area contributed by atoms with Gasteiger partial charge in [-0.15, -0.1) is 5.10 Å². The zero-order valence-corrected chi connectivity index (χ0v) is 16.0. The van der Waals surface area contributed by atoms with Crippen LogP contribution in [0.4, 0.5) is 0 Å². The monoisotopic (exact) mass is 381 g/mol. The molecule has 8 heteroatoms. The minimum Gasteiger partial charge on any atom is -0.351 e. The number of likely N-dealkylation sites (tertiary alicyclic amines) is 1. The molecule has 1 aromatic carbocycles. The highest BCUT2D eigenvalue weighted by atomic mass is 16.5. The van der Waals surface area contributed by atoms with E-state index in [0.717, 1.165) is 5.69 Å². The number of ether oxygens (including phenoxy) is 1. The molecule has 3 atom stereocenters. The molecule has 0 saturated carbocycles. The lowest BCUT2D eigenvalue weighted by molar-refractivity contribution is -0.139. The Balaban J connectivity index is 1.41. The normalized spacial score (nSPS) is 28.9. The van der Waals surface area contributed by atoms with Crippen molar-refractivity contribution in [2.24, 2.45) is 5.92 Å². The van der Waals surface area contributed by atoms with Crippen LogP contribution >= 0.6 is 0 Å². The fourth-order valence-electron chi connectivity index (χ4n) is 4.83. The van der Waals surface area contributed by atoms with Crippen molar-refractivity contribution < 1.29 is 14.3 Å². The van der Waals surface area contributed by atoms with Crippen molar-refractivity contribution in [3.63, 3.8) is 0 Å². The maximum absolute atomic E-state index is 13.2. The molecular weight excluding hydrogens is 358 g/mol. The molecule has 3 aliphatic rings. The van der Waals surface area contributed by atoms with E-state index in [0.29, 0.717) is 31.9 Å². The Kier molecular flexibility index (Phi) is 3.80. The molecule has 146 valence electrons. The van der Waals surface area contributed by atoms with Crippen LogP contribution in [0, 0.1) is 5.92 Å². The van der Waals surface area contributed by atoms with E-state index in [4.69, 9.17) is 4.74 Å². The van der Waals surface area contributed by atoms with Crippen LogP contribution in [0.1, 0.15) is 37.2 Å². The van der Waals surface area contributed by atoms with E-state index >= 15 is 0 Å². The van der Waals surface area contributed by atoms with Crippen LogP contribution < -0.4 is 0 Å². The predicted octanol–water partition coefficient (Wildman–Crippen LogP) is 1.47. The molecule has 5 rings (SSSR count). The highest BCUT2D eigenvalue weighted by molar-refractivity contribution is 5.94. The topological polar surface area (TPSA) is 80.6 Å². The summed E-state index contributed by atoms with van der Waals surface area (Å²) >= 11 is 0. The summed E-state index contributed by atoms with van der Waals surface area (Å²) in [7, 11) is 0. The third kappa shape index (κ3) is 2.33. The number of hydrogen-bond acceptors (Lipinski definition) is 5. The second-order valence-corrected chi connectivity index (χ2v) is 8.08. The quantitative estimate of drug-likeness (QED) is 0.804. The van der Waals surface area contributed by atoms with Gasteiger partial charge < -0.3 is 14.5 Å². The SMILES string of the molecule is CC(C)[C@@H]1CO[C@@]23CCN(C(=O)c4cn(-c5ccccc5)nn4)[C@@H]2CC(=O)N13. The Morgan fingerprint density at radius 1 is 1.29 bits per heavy atom. The van der Waals surface area contributed by atoms with Gasteiger partial charge in [0.1, 0.15) is 0 Å². The maximum atomic E-state index is 13.2. The van der Waals surface area contributed by atoms with Crippen LogP contribution in [0.5, 0.6) is 0 Å². The third-order valence-electron chi connectivity index (χ3n) is 6.25. The van der Waals surface area contributed by atoms with Crippen LogP contribution in [0.3, 0.4) is 0 Å². The van der Waals surface area contributed by atoms with Crippen LogP contribution in [-0.2, 0) is 9.53 Å². The zero-order valence-electron chi connectivity index (χ0n) is 16.0. The number of para-hydroxylation sites is 1. The van der Waals surface area contributed by atoms with Gasteiger partial charge in [0.25, 0.3) is 5.91 Å². The molecule has 0 aliphatic carbocycles. The first kappa shape index (κ1) is 17.4. The molecule has 1 aromatic heterocycles. The van der Waals surface area contributed by atoms with Gasteiger partial charge in [0, 0.05) is 13.0 Å². The van der Waals surface area contributed by atoms with Gasteiger partial charge in [-0.3, -0.25) is 9.59 Å². The van der Waals surface area contributed by atoms with Crippen LogP contribution in [-0.4, -0.2) is 67.6 Å². The van der Waals surface area contributed by atoms with Crippen molar-refractivity contribution in [2.75, 3.05) is 13.2 Å². The summed E-state index contributed by atoms with van der Waals surface area (Å²) in [4.78, 5) is 29.6. The number of carbonyl (C=O) groups excluding carboxylic acids is 2. The van der Waals surface area contributed by atoms with Gasteiger partial charge in [-0.05, 0) is 18.1 Å². The molecule has 0 unspecified atom stereocenters. The molecule has 0 N–H and O–H groups in total. The van der Waals surface area contributed by atoms with Gasteiger partial charge in [0.15, 0.2) is 11.4 Å². The molecule has 3 aliphatic heterocycles. The lowest BCUT2D eigenvalue weighted by Gasteiger charge is -2.34. The van der Waals surface area contributed by atoms with Gasteiger partial charge >= 0.3 is 0 Å². The maximum Gasteiger partial charge on any atom is 0.276 e. The number of rotatable bonds is 3. The summed E-state index contributed by atoms with van der Waals surface area (Å²) in [5, 5.41) is 8.17. The van der Waals surface area contributed by atoms with Crippen molar-refractivity contribution in [1.82, 2.24) is 24.8 Å². The standard InChI is InChI=1S/C20H23N5O3/c1-13(2)16-12-28-20-8-9-23(17(20)10-18(26)25(16)20)19(27)15-11-24(22-21-15)14-6-4-3-5-7-14/h3-7,11,13,16-17H,8-10,12H2,1-2H3/t16-,17+,20-/m0/s1. The smallest absolute Gasteiger partial charge is 0.276 e. The summed E-state index contributed by atoms with van der Waals surface area (Å²) < 4.78 is 7.78. The molecule has 0 bridgehead atoms. The molecule has 1 spiro atoms. The summed E-state index contributed by atoms with van der Waals surface area (Å²) in [6.45, 7) is 5.29. The molecular formula is C20H23N5O3. The van der Waals surface area contributed by atoms with Crippen molar-refractivity contribution >= 4 is 11.8 Å². The first-order valence-corrected chi connectivity index (χ1v) is 9.76. The fraction of sp³-hybridized carbons (Fsp3) is 0.500. The van der Waals surface area contributed by atoms with E-state index in [2.05, 4.69) is 24.2 Å². The van der Waals surface area contributed by atoms with Gasteiger partial charge in [-0.2, -0.15) is 0 Å². The lowest BCUT2D eigenvalue weighted by Crippen LogP contribution is -2.51. The minimum atomic E-state index is -0.670. The highest BCUT2D eigenvalue weighted by Crippen LogP contribution is 2.49. The summed E-state index contributed by atoms with van der Waals surface area (Å²) in [6.07, 6.45) is 2.59. The molecule has 0 radical (unpaired) electrons. The van der Waals surface area contributed by atoms with E-state index in [9.17, 15) is 9.59 Å². The minimum absolute atomic E-state index is 0.0755. The molecule has 3 fully saturated rings. The number of nitrogens with zero attached hydrogens (tertiary/aromatic N) is 5.